The Hall–Kier alpha value is -2.52. The molecule has 0 aliphatic carbocycles. The fraction of sp³-hybridized carbons (Fsp3) is 0.278. The highest BCUT2D eigenvalue weighted by atomic mass is 32.2. The van der Waals surface area contributed by atoms with E-state index in [0.29, 0.717) is 25.0 Å². The summed E-state index contributed by atoms with van der Waals surface area (Å²) in [4.78, 5) is 6.10. The van der Waals surface area contributed by atoms with Gasteiger partial charge < -0.3 is 9.64 Å². The fourth-order valence-electron chi connectivity index (χ4n) is 2.82. The van der Waals surface area contributed by atoms with Crippen LogP contribution in [0.5, 0.6) is 0 Å². The third-order valence-corrected chi connectivity index (χ3v) is 5.43. The van der Waals surface area contributed by atoms with Crippen LogP contribution in [0.4, 0.5) is 20.3 Å². The number of benzene rings is 1. The Kier molecular flexibility index (Phi) is 5.71. The number of anilines is 2. The van der Waals surface area contributed by atoms with Gasteiger partial charge in [-0.2, -0.15) is 0 Å². The summed E-state index contributed by atoms with van der Waals surface area (Å²) in [5, 5.41) is 0. The van der Waals surface area contributed by atoms with Crippen LogP contribution in [0.25, 0.3) is 0 Å². The molecule has 1 atom stereocenters. The van der Waals surface area contributed by atoms with Crippen molar-refractivity contribution in [3.8, 4) is 0 Å². The summed E-state index contributed by atoms with van der Waals surface area (Å²) < 4.78 is 59.0. The van der Waals surface area contributed by atoms with E-state index in [1.807, 2.05) is 4.90 Å². The lowest BCUT2D eigenvalue weighted by atomic mass is 10.3. The number of ether oxygens (including phenoxy) is 1. The van der Waals surface area contributed by atoms with E-state index in [4.69, 9.17) is 4.74 Å². The largest absolute Gasteiger partial charge is 0.372 e. The van der Waals surface area contributed by atoms with E-state index in [9.17, 15) is 17.2 Å². The van der Waals surface area contributed by atoms with E-state index >= 15 is 0 Å². The minimum Gasteiger partial charge on any atom is -0.372 e. The zero-order valence-electron chi connectivity index (χ0n) is 14.4. The number of aromatic nitrogens is 1. The molecule has 0 bridgehead atoms. The third kappa shape index (κ3) is 4.81. The van der Waals surface area contributed by atoms with Crippen molar-refractivity contribution in [2.24, 2.45) is 0 Å². The molecule has 2 aromatic rings. The maximum atomic E-state index is 13.2. The van der Waals surface area contributed by atoms with Crippen LogP contribution >= 0.6 is 0 Å². The Morgan fingerprint density at radius 2 is 2.04 bits per heavy atom. The van der Waals surface area contributed by atoms with Crippen molar-refractivity contribution in [1.29, 1.82) is 0 Å². The number of nitrogens with zero attached hydrogens (tertiary/aromatic N) is 2. The second-order valence-corrected chi connectivity index (χ2v) is 7.78. The Morgan fingerprint density at radius 1 is 1.30 bits per heavy atom. The second-order valence-electron chi connectivity index (χ2n) is 6.09. The molecule has 1 N–H and O–H groups in total. The van der Waals surface area contributed by atoms with E-state index in [1.54, 1.807) is 12.1 Å². The molecule has 0 saturated carbocycles. The van der Waals surface area contributed by atoms with Gasteiger partial charge in [-0.25, -0.2) is 22.2 Å². The first kappa shape index (κ1) is 19.2. The monoisotopic (exact) mass is 395 g/mol. The van der Waals surface area contributed by atoms with Crippen LogP contribution in [0.1, 0.15) is 6.42 Å². The van der Waals surface area contributed by atoms with Crippen LogP contribution < -0.4 is 9.62 Å². The average Bonchev–Trinajstić information content (AvgIpc) is 3.07. The molecule has 2 heterocycles. The molecule has 1 fully saturated rings. The fourth-order valence-corrected chi connectivity index (χ4v) is 3.81. The van der Waals surface area contributed by atoms with Gasteiger partial charge in [0.05, 0.1) is 18.4 Å². The number of rotatable bonds is 7. The molecule has 3 rings (SSSR count). The van der Waals surface area contributed by atoms with Crippen LogP contribution in [0.2, 0.25) is 0 Å². The number of hydrogen-bond acceptors (Lipinski definition) is 5. The highest BCUT2D eigenvalue weighted by molar-refractivity contribution is 7.92. The Bertz CT molecular complexity index is 900. The molecule has 1 aromatic carbocycles. The number of nitrogens with one attached hydrogen (secondary N) is 1. The number of sulfonamides is 1. The standard InChI is InChI=1S/C18H19F2N3O3S/c1-2-7-26-16-5-6-23(12-16)18-4-3-17(11-21-18)27(24,25)22-15-9-13(19)8-14(20)10-15/h2-4,8-11,16,22H,1,5-7,12H2. The van der Waals surface area contributed by atoms with E-state index in [1.165, 1.54) is 12.3 Å². The molecule has 0 radical (unpaired) electrons. The summed E-state index contributed by atoms with van der Waals surface area (Å²) in [5.41, 5.74) is -0.196. The quantitative estimate of drug-likeness (QED) is 0.730. The smallest absolute Gasteiger partial charge is 0.263 e. The van der Waals surface area contributed by atoms with Crippen molar-refractivity contribution in [2.75, 3.05) is 29.3 Å². The van der Waals surface area contributed by atoms with E-state index < -0.39 is 21.7 Å². The molecule has 9 heteroatoms. The molecular weight excluding hydrogens is 376 g/mol. The van der Waals surface area contributed by atoms with Gasteiger partial charge in [-0.15, -0.1) is 6.58 Å². The molecule has 1 aromatic heterocycles. The summed E-state index contributed by atoms with van der Waals surface area (Å²) in [6.07, 6.45) is 3.84. The lowest BCUT2D eigenvalue weighted by Crippen LogP contribution is -2.24. The lowest BCUT2D eigenvalue weighted by molar-refractivity contribution is 0.0909. The minimum absolute atomic E-state index is 0.0812. The first-order chi connectivity index (χ1) is 12.9. The number of hydrogen-bond donors (Lipinski definition) is 1. The van der Waals surface area contributed by atoms with Gasteiger partial charge in [-0.3, -0.25) is 4.72 Å². The molecule has 1 saturated heterocycles. The van der Waals surface area contributed by atoms with Gasteiger partial charge in [0.1, 0.15) is 22.3 Å². The van der Waals surface area contributed by atoms with Gasteiger partial charge in [0.2, 0.25) is 0 Å². The van der Waals surface area contributed by atoms with Crippen molar-refractivity contribution < 1.29 is 21.9 Å². The van der Waals surface area contributed by atoms with Gasteiger partial charge in [-0.1, -0.05) is 6.08 Å². The zero-order valence-corrected chi connectivity index (χ0v) is 15.3. The van der Waals surface area contributed by atoms with Gasteiger partial charge in [0.25, 0.3) is 10.0 Å². The van der Waals surface area contributed by atoms with Gasteiger partial charge >= 0.3 is 0 Å². The van der Waals surface area contributed by atoms with Gasteiger partial charge in [0.15, 0.2) is 0 Å². The Labute approximate surface area is 156 Å². The van der Waals surface area contributed by atoms with Crippen LogP contribution in [-0.2, 0) is 14.8 Å². The predicted octanol–water partition coefficient (Wildman–Crippen LogP) is 2.94. The van der Waals surface area contributed by atoms with Crippen molar-refractivity contribution in [2.45, 2.75) is 17.4 Å². The Balaban J connectivity index is 1.70. The first-order valence-corrected chi connectivity index (χ1v) is 9.78. The molecule has 1 unspecified atom stereocenters. The summed E-state index contributed by atoms with van der Waals surface area (Å²) in [6, 6.07) is 5.46. The van der Waals surface area contributed by atoms with Crippen LogP contribution in [-0.4, -0.2) is 39.2 Å². The van der Waals surface area contributed by atoms with Crippen LogP contribution in [0.15, 0.2) is 54.1 Å². The topological polar surface area (TPSA) is 71.5 Å². The molecule has 1 aliphatic heterocycles. The molecular formula is C18H19F2N3O3S. The zero-order chi connectivity index (χ0) is 19.4. The Morgan fingerprint density at radius 3 is 2.67 bits per heavy atom. The normalized spacial score (nSPS) is 17.1. The van der Waals surface area contributed by atoms with Crippen LogP contribution in [0.3, 0.4) is 0 Å². The predicted molar refractivity (Wildman–Crippen MR) is 98.2 cm³/mol. The SMILES string of the molecule is C=CCOC1CCN(c2ccc(S(=O)(=O)Nc3cc(F)cc(F)c3)cn2)C1. The summed E-state index contributed by atoms with van der Waals surface area (Å²) in [7, 11) is -4.01. The molecule has 1 aliphatic rings. The lowest BCUT2D eigenvalue weighted by Gasteiger charge is -2.17. The molecule has 27 heavy (non-hydrogen) atoms. The highest BCUT2D eigenvalue weighted by Crippen LogP contribution is 2.23. The van der Waals surface area contributed by atoms with Gasteiger partial charge in [0, 0.05) is 25.4 Å². The van der Waals surface area contributed by atoms with Gasteiger partial charge in [-0.05, 0) is 30.7 Å². The maximum absolute atomic E-state index is 13.2. The summed E-state index contributed by atoms with van der Waals surface area (Å²) >= 11 is 0. The van der Waals surface area contributed by atoms with Crippen molar-refractivity contribution in [1.82, 2.24) is 4.98 Å². The van der Waals surface area contributed by atoms with Crippen molar-refractivity contribution >= 4 is 21.5 Å². The molecule has 144 valence electrons. The highest BCUT2D eigenvalue weighted by Gasteiger charge is 2.24. The maximum Gasteiger partial charge on any atom is 0.263 e. The average molecular weight is 395 g/mol. The molecule has 0 spiro atoms. The molecule has 0 amide bonds. The minimum atomic E-state index is -4.01. The first-order valence-electron chi connectivity index (χ1n) is 8.30. The van der Waals surface area contributed by atoms with Crippen molar-refractivity contribution in [3.63, 3.8) is 0 Å². The summed E-state index contributed by atoms with van der Waals surface area (Å²) in [6.45, 7) is 5.51. The number of pyridine rings is 1. The van der Waals surface area contributed by atoms with E-state index in [0.717, 1.165) is 25.1 Å². The van der Waals surface area contributed by atoms with E-state index in [-0.39, 0.29) is 16.7 Å². The summed E-state index contributed by atoms with van der Waals surface area (Å²) in [5.74, 6) is -1.11. The number of halogens is 2. The third-order valence-electron chi connectivity index (χ3n) is 4.06. The van der Waals surface area contributed by atoms with Crippen molar-refractivity contribution in [3.05, 3.63) is 60.8 Å². The molecule has 6 nitrogen and oxygen atoms in total. The second kappa shape index (κ2) is 8.01. The van der Waals surface area contributed by atoms with E-state index in [2.05, 4.69) is 16.3 Å². The van der Waals surface area contributed by atoms with Crippen LogP contribution in [0, 0.1) is 11.6 Å².